The summed E-state index contributed by atoms with van der Waals surface area (Å²) in [4.78, 5) is 2.28. The zero-order chi connectivity index (χ0) is 11.5. The van der Waals surface area contributed by atoms with E-state index in [4.69, 9.17) is 10.00 Å². The Hall–Kier alpha value is -1.05. The lowest BCUT2D eigenvalue weighted by atomic mass is 10.2. The Balaban J connectivity index is 2.17. The average Bonchev–Trinajstić information content (AvgIpc) is 2.77. The molecular weight excluding hydrogens is 268 g/mol. The van der Waals surface area contributed by atoms with Gasteiger partial charge in [0.25, 0.3) is 0 Å². The van der Waals surface area contributed by atoms with Gasteiger partial charge in [-0.15, -0.1) is 0 Å². The highest BCUT2D eigenvalue weighted by molar-refractivity contribution is 9.10. The standard InChI is InChI=1S/C12H13BrN2O/c1-16-11-4-5-15(8-11)10-3-2-9(7-14)12(13)6-10/h2-3,6,11H,4-5,8H2,1H3. The Labute approximate surface area is 104 Å². The van der Waals surface area contributed by atoms with Crippen LogP contribution >= 0.6 is 15.9 Å². The number of hydrogen-bond donors (Lipinski definition) is 0. The third kappa shape index (κ3) is 2.21. The van der Waals surface area contributed by atoms with Crippen molar-refractivity contribution >= 4 is 21.6 Å². The van der Waals surface area contributed by atoms with Gasteiger partial charge in [0.2, 0.25) is 0 Å². The Morgan fingerprint density at radius 3 is 2.94 bits per heavy atom. The molecule has 84 valence electrons. The van der Waals surface area contributed by atoms with E-state index in [2.05, 4.69) is 26.9 Å². The van der Waals surface area contributed by atoms with E-state index in [1.165, 1.54) is 0 Å². The zero-order valence-electron chi connectivity index (χ0n) is 9.11. The Morgan fingerprint density at radius 2 is 2.38 bits per heavy atom. The molecule has 0 spiro atoms. The lowest BCUT2D eigenvalue weighted by Crippen LogP contribution is -2.22. The van der Waals surface area contributed by atoms with Gasteiger partial charge in [0.15, 0.2) is 0 Å². The highest BCUT2D eigenvalue weighted by Crippen LogP contribution is 2.26. The maximum Gasteiger partial charge on any atom is 0.100 e. The fraction of sp³-hybridized carbons (Fsp3) is 0.417. The van der Waals surface area contributed by atoms with Crippen molar-refractivity contribution in [2.75, 3.05) is 25.1 Å². The first-order chi connectivity index (χ1) is 7.74. The second-order valence-corrected chi connectivity index (χ2v) is 4.72. The van der Waals surface area contributed by atoms with Gasteiger partial charge in [0.1, 0.15) is 6.07 Å². The molecule has 0 N–H and O–H groups in total. The highest BCUT2D eigenvalue weighted by Gasteiger charge is 2.22. The molecule has 1 fully saturated rings. The van der Waals surface area contributed by atoms with Crippen LogP contribution in [0.15, 0.2) is 22.7 Å². The van der Waals surface area contributed by atoms with E-state index < -0.39 is 0 Å². The first-order valence-electron chi connectivity index (χ1n) is 5.22. The number of halogens is 1. The van der Waals surface area contributed by atoms with E-state index in [1.54, 1.807) is 7.11 Å². The minimum Gasteiger partial charge on any atom is -0.380 e. The van der Waals surface area contributed by atoms with E-state index in [9.17, 15) is 0 Å². The molecule has 1 aliphatic rings. The summed E-state index contributed by atoms with van der Waals surface area (Å²) in [7, 11) is 1.75. The molecule has 1 unspecified atom stereocenters. The fourth-order valence-electron chi connectivity index (χ4n) is 1.95. The van der Waals surface area contributed by atoms with Crippen LogP contribution in [0.3, 0.4) is 0 Å². The van der Waals surface area contributed by atoms with Crippen molar-refractivity contribution in [3.8, 4) is 6.07 Å². The molecule has 1 aromatic carbocycles. The second-order valence-electron chi connectivity index (χ2n) is 3.87. The van der Waals surface area contributed by atoms with E-state index in [-0.39, 0.29) is 0 Å². The molecule has 0 saturated carbocycles. The monoisotopic (exact) mass is 280 g/mol. The maximum atomic E-state index is 8.84. The molecule has 16 heavy (non-hydrogen) atoms. The summed E-state index contributed by atoms with van der Waals surface area (Å²) in [5, 5.41) is 8.84. The van der Waals surface area contributed by atoms with Gasteiger partial charge in [0.05, 0.1) is 11.7 Å². The first-order valence-corrected chi connectivity index (χ1v) is 6.01. The van der Waals surface area contributed by atoms with Crippen LogP contribution in [-0.2, 0) is 4.74 Å². The van der Waals surface area contributed by atoms with Crippen LogP contribution < -0.4 is 4.90 Å². The first kappa shape index (κ1) is 11.4. The Bertz CT molecular complexity index is 428. The summed E-state index contributed by atoms with van der Waals surface area (Å²) in [6.45, 7) is 1.94. The maximum absolute atomic E-state index is 8.84. The van der Waals surface area contributed by atoms with Crippen LogP contribution in [0, 0.1) is 11.3 Å². The van der Waals surface area contributed by atoms with E-state index in [1.807, 2.05) is 18.2 Å². The van der Waals surface area contributed by atoms with Gasteiger partial charge in [-0.2, -0.15) is 5.26 Å². The van der Waals surface area contributed by atoms with E-state index in [0.29, 0.717) is 11.7 Å². The number of rotatable bonds is 2. The molecule has 0 radical (unpaired) electrons. The number of nitriles is 1. The number of anilines is 1. The molecule has 1 saturated heterocycles. The van der Waals surface area contributed by atoms with Crippen LogP contribution in [0.1, 0.15) is 12.0 Å². The second kappa shape index (κ2) is 4.86. The Morgan fingerprint density at radius 1 is 1.56 bits per heavy atom. The van der Waals surface area contributed by atoms with Crippen molar-refractivity contribution in [3.63, 3.8) is 0 Å². The molecule has 0 amide bonds. The van der Waals surface area contributed by atoms with Gasteiger partial charge in [-0.1, -0.05) is 0 Å². The fourth-order valence-corrected chi connectivity index (χ4v) is 2.40. The number of benzene rings is 1. The molecule has 0 aromatic heterocycles. The molecule has 4 heteroatoms. The number of hydrogen-bond acceptors (Lipinski definition) is 3. The molecule has 3 nitrogen and oxygen atoms in total. The third-order valence-corrected chi connectivity index (χ3v) is 3.57. The molecule has 0 bridgehead atoms. The number of nitrogens with zero attached hydrogens (tertiary/aromatic N) is 2. The summed E-state index contributed by atoms with van der Waals surface area (Å²) in [5.41, 5.74) is 1.82. The van der Waals surface area contributed by atoms with Crippen molar-refractivity contribution in [2.45, 2.75) is 12.5 Å². The summed E-state index contributed by atoms with van der Waals surface area (Å²) in [5.74, 6) is 0. The summed E-state index contributed by atoms with van der Waals surface area (Å²) < 4.78 is 6.19. The topological polar surface area (TPSA) is 36.3 Å². The van der Waals surface area contributed by atoms with Crippen molar-refractivity contribution in [1.29, 1.82) is 5.26 Å². The largest absolute Gasteiger partial charge is 0.380 e. The molecule has 1 atom stereocenters. The molecule has 1 aromatic rings. The van der Waals surface area contributed by atoms with Crippen LogP contribution in [0.4, 0.5) is 5.69 Å². The summed E-state index contributed by atoms with van der Waals surface area (Å²) >= 11 is 3.41. The van der Waals surface area contributed by atoms with Gasteiger partial charge >= 0.3 is 0 Å². The lowest BCUT2D eigenvalue weighted by molar-refractivity contribution is 0.121. The van der Waals surface area contributed by atoms with Gasteiger partial charge in [-0.05, 0) is 40.5 Å². The van der Waals surface area contributed by atoms with Crippen LogP contribution in [0.25, 0.3) is 0 Å². The molecule has 1 aliphatic heterocycles. The SMILES string of the molecule is COC1CCN(c2ccc(C#N)c(Br)c2)C1. The third-order valence-electron chi connectivity index (χ3n) is 2.92. The minimum atomic E-state index is 0.328. The van der Waals surface area contributed by atoms with Crippen LogP contribution in [0.5, 0.6) is 0 Å². The molecule has 1 heterocycles. The van der Waals surface area contributed by atoms with Crippen LogP contribution in [0.2, 0.25) is 0 Å². The van der Waals surface area contributed by atoms with E-state index >= 15 is 0 Å². The minimum absolute atomic E-state index is 0.328. The Kier molecular flexibility index (Phi) is 3.47. The van der Waals surface area contributed by atoms with Crippen molar-refractivity contribution in [1.82, 2.24) is 0 Å². The van der Waals surface area contributed by atoms with Crippen molar-refractivity contribution in [3.05, 3.63) is 28.2 Å². The zero-order valence-corrected chi connectivity index (χ0v) is 10.7. The van der Waals surface area contributed by atoms with Gasteiger partial charge in [0, 0.05) is 30.4 Å². The predicted molar refractivity (Wildman–Crippen MR) is 66.5 cm³/mol. The van der Waals surface area contributed by atoms with Gasteiger partial charge in [-0.3, -0.25) is 0 Å². The smallest absolute Gasteiger partial charge is 0.100 e. The summed E-state index contributed by atoms with van der Waals surface area (Å²) in [6.07, 6.45) is 1.39. The molecular formula is C12H13BrN2O. The summed E-state index contributed by atoms with van der Waals surface area (Å²) in [6, 6.07) is 7.97. The van der Waals surface area contributed by atoms with Gasteiger partial charge < -0.3 is 9.64 Å². The normalized spacial score (nSPS) is 19.8. The predicted octanol–water partition coefficient (Wildman–Crippen LogP) is 2.55. The van der Waals surface area contributed by atoms with Gasteiger partial charge in [-0.25, -0.2) is 0 Å². The quantitative estimate of drug-likeness (QED) is 0.835. The highest BCUT2D eigenvalue weighted by atomic mass is 79.9. The van der Waals surface area contributed by atoms with E-state index in [0.717, 1.165) is 29.7 Å². The average molecular weight is 281 g/mol. The van der Waals surface area contributed by atoms with Crippen molar-refractivity contribution < 1.29 is 4.74 Å². The van der Waals surface area contributed by atoms with Crippen LogP contribution in [-0.4, -0.2) is 26.3 Å². The number of ether oxygens (including phenoxy) is 1. The lowest BCUT2D eigenvalue weighted by Gasteiger charge is -2.18. The molecule has 2 rings (SSSR count). The van der Waals surface area contributed by atoms with Crippen molar-refractivity contribution in [2.24, 2.45) is 0 Å². The molecule has 0 aliphatic carbocycles. The number of methoxy groups -OCH3 is 1.